The standard InChI is InChI=1S/C12H14ClN/c1-2-12(14)10-6-8-4-3-5-9(8)7-11(10)13/h2,6-7,12H,1,3-5,14H2/t12-/m0/s1. The Balaban J connectivity index is 2.47. The molecule has 1 nitrogen and oxygen atoms in total. The van der Waals surface area contributed by atoms with E-state index in [0.29, 0.717) is 0 Å². The number of nitrogens with two attached hydrogens (primary N) is 1. The highest BCUT2D eigenvalue weighted by Gasteiger charge is 2.15. The van der Waals surface area contributed by atoms with Crippen LogP contribution >= 0.6 is 11.6 Å². The molecule has 0 spiro atoms. The summed E-state index contributed by atoms with van der Waals surface area (Å²) in [6, 6.07) is 4.05. The first-order valence-corrected chi connectivity index (χ1v) is 5.29. The molecule has 2 N–H and O–H groups in total. The fraction of sp³-hybridized carbons (Fsp3) is 0.333. The van der Waals surface area contributed by atoms with E-state index in [9.17, 15) is 0 Å². The molecule has 0 bridgehead atoms. The summed E-state index contributed by atoms with van der Waals surface area (Å²) in [4.78, 5) is 0. The van der Waals surface area contributed by atoms with Gasteiger partial charge in [0.15, 0.2) is 0 Å². The van der Waals surface area contributed by atoms with E-state index in [-0.39, 0.29) is 6.04 Å². The second kappa shape index (κ2) is 3.76. The molecule has 0 aromatic heterocycles. The molecular formula is C12H14ClN. The Morgan fingerprint density at radius 2 is 2.00 bits per heavy atom. The van der Waals surface area contributed by atoms with Gasteiger partial charge in [-0.3, -0.25) is 0 Å². The van der Waals surface area contributed by atoms with E-state index in [1.807, 2.05) is 0 Å². The Bertz CT molecular complexity index is 371. The predicted octanol–water partition coefficient (Wildman–Crippen LogP) is 3.01. The van der Waals surface area contributed by atoms with Crippen LogP contribution in [0.25, 0.3) is 0 Å². The van der Waals surface area contributed by atoms with E-state index in [1.54, 1.807) is 6.08 Å². The van der Waals surface area contributed by atoms with Crippen LogP contribution in [0.5, 0.6) is 0 Å². The van der Waals surface area contributed by atoms with Gasteiger partial charge in [-0.05, 0) is 42.0 Å². The molecule has 0 aliphatic heterocycles. The van der Waals surface area contributed by atoms with Crippen LogP contribution in [0.1, 0.15) is 29.2 Å². The summed E-state index contributed by atoms with van der Waals surface area (Å²) in [5.41, 5.74) is 9.68. The molecule has 1 aromatic carbocycles. The molecule has 0 saturated heterocycles. The Kier molecular flexibility index (Phi) is 2.62. The molecule has 1 aliphatic rings. The van der Waals surface area contributed by atoms with Crippen molar-refractivity contribution in [3.05, 3.63) is 46.5 Å². The third kappa shape index (κ3) is 1.58. The summed E-state index contributed by atoms with van der Waals surface area (Å²) in [6.45, 7) is 3.69. The van der Waals surface area contributed by atoms with Gasteiger partial charge in [-0.15, -0.1) is 6.58 Å². The Morgan fingerprint density at radius 1 is 1.36 bits per heavy atom. The quantitative estimate of drug-likeness (QED) is 0.742. The van der Waals surface area contributed by atoms with Gasteiger partial charge in [-0.1, -0.05) is 23.7 Å². The third-order valence-corrected chi connectivity index (χ3v) is 3.15. The van der Waals surface area contributed by atoms with E-state index in [2.05, 4.69) is 18.7 Å². The highest BCUT2D eigenvalue weighted by molar-refractivity contribution is 6.31. The highest BCUT2D eigenvalue weighted by atomic mass is 35.5. The number of hydrogen-bond donors (Lipinski definition) is 1. The second-order valence-corrected chi connectivity index (χ2v) is 4.16. The molecule has 0 heterocycles. The molecule has 0 saturated carbocycles. The van der Waals surface area contributed by atoms with Gasteiger partial charge in [0.1, 0.15) is 0 Å². The fourth-order valence-corrected chi connectivity index (χ4v) is 2.31. The molecule has 1 atom stereocenters. The van der Waals surface area contributed by atoms with Crippen LogP contribution in [0.4, 0.5) is 0 Å². The molecule has 2 heteroatoms. The maximum atomic E-state index is 6.15. The van der Waals surface area contributed by atoms with Gasteiger partial charge in [0, 0.05) is 11.1 Å². The van der Waals surface area contributed by atoms with Crippen LogP contribution in [-0.2, 0) is 12.8 Å². The minimum Gasteiger partial charge on any atom is -0.321 e. The van der Waals surface area contributed by atoms with Crippen molar-refractivity contribution in [1.29, 1.82) is 0 Å². The van der Waals surface area contributed by atoms with Crippen molar-refractivity contribution >= 4 is 11.6 Å². The van der Waals surface area contributed by atoms with Gasteiger partial charge in [0.05, 0.1) is 0 Å². The molecule has 0 fully saturated rings. The second-order valence-electron chi connectivity index (χ2n) is 3.76. The molecule has 0 radical (unpaired) electrons. The van der Waals surface area contributed by atoms with Gasteiger partial charge in [-0.2, -0.15) is 0 Å². The molecular weight excluding hydrogens is 194 g/mol. The monoisotopic (exact) mass is 207 g/mol. The zero-order valence-corrected chi connectivity index (χ0v) is 8.85. The maximum absolute atomic E-state index is 6.15. The van der Waals surface area contributed by atoms with Crippen molar-refractivity contribution in [2.45, 2.75) is 25.3 Å². The summed E-state index contributed by atoms with van der Waals surface area (Å²) < 4.78 is 0. The van der Waals surface area contributed by atoms with E-state index >= 15 is 0 Å². The van der Waals surface area contributed by atoms with E-state index < -0.39 is 0 Å². The number of aryl methyl sites for hydroxylation is 2. The van der Waals surface area contributed by atoms with Gasteiger partial charge >= 0.3 is 0 Å². The van der Waals surface area contributed by atoms with Crippen LogP contribution < -0.4 is 5.73 Å². The molecule has 0 unspecified atom stereocenters. The molecule has 14 heavy (non-hydrogen) atoms. The highest BCUT2D eigenvalue weighted by Crippen LogP contribution is 2.31. The summed E-state index contributed by atoms with van der Waals surface area (Å²) in [7, 11) is 0. The van der Waals surface area contributed by atoms with E-state index in [0.717, 1.165) is 23.4 Å². The van der Waals surface area contributed by atoms with Crippen LogP contribution in [-0.4, -0.2) is 0 Å². The van der Waals surface area contributed by atoms with Gasteiger partial charge < -0.3 is 5.73 Å². The van der Waals surface area contributed by atoms with E-state index in [4.69, 9.17) is 17.3 Å². The Hall–Kier alpha value is -0.790. The van der Waals surface area contributed by atoms with E-state index in [1.165, 1.54) is 17.5 Å². The van der Waals surface area contributed by atoms with Crippen LogP contribution in [0, 0.1) is 0 Å². The summed E-state index contributed by atoms with van der Waals surface area (Å²) in [5.74, 6) is 0. The molecule has 74 valence electrons. The minimum atomic E-state index is -0.145. The lowest BCUT2D eigenvalue weighted by Gasteiger charge is -2.11. The lowest BCUT2D eigenvalue weighted by Crippen LogP contribution is -2.07. The smallest absolute Gasteiger partial charge is 0.0493 e. The normalized spacial score (nSPS) is 16.4. The van der Waals surface area contributed by atoms with Gasteiger partial charge in [-0.25, -0.2) is 0 Å². The minimum absolute atomic E-state index is 0.145. The SMILES string of the molecule is C=C[C@H](N)c1cc2c(cc1Cl)CCC2. The zero-order valence-electron chi connectivity index (χ0n) is 8.09. The first-order valence-electron chi connectivity index (χ1n) is 4.91. The average molecular weight is 208 g/mol. The molecule has 1 aromatic rings. The fourth-order valence-electron chi connectivity index (χ4n) is 2.00. The third-order valence-electron chi connectivity index (χ3n) is 2.82. The zero-order chi connectivity index (χ0) is 10.1. The van der Waals surface area contributed by atoms with Crippen LogP contribution in [0.3, 0.4) is 0 Å². The van der Waals surface area contributed by atoms with Crippen molar-refractivity contribution in [1.82, 2.24) is 0 Å². The van der Waals surface area contributed by atoms with Crippen molar-refractivity contribution in [2.24, 2.45) is 5.73 Å². The average Bonchev–Trinajstić information content (AvgIpc) is 2.62. The van der Waals surface area contributed by atoms with Crippen molar-refractivity contribution < 1.29 is 0 Å². The first kappa shape index (κ1) is 9.75. The molecule has 0 amide bonds. The Labute approximate surface area is 89.6 Å². The first-order chi connectivity index (χ1) is 6.72. The number of halogens is 1. The maximum Gasteiger partial charge on any atom is 0.0493 e. The summed E-state index contributed by atoms with van der Waals surface area (Å²) in [6.07, 6.45) is 5.27. The van der Waals surface area contributed by atoms with Crippen molar-refractivity contribution in [3.63, 3.8) is 0 Å². The van der Waals surface area contributed by atoms with Crippen molar-refractivity contribution in [3.8, 4) is 0 Å². The summed E-state index contributed by atoms with van der Waals surface area (Å²) in [5, 5.41) is 0.776. The van der Waals surface area contributed by atoms with Crippen LogP contribution in [0.2, 0.25) is 5.02 Å². The van der Waals surface area contributed by atoms with Crippen molar-refractivity contribution in [2.75, 3.05) is 0 Å². The van der Waals surface area contributed by atoms with Gasteiger partial charge in [0.2, 0.25) is 0 Å². The van der Waals surface area contributed by atoms with Crippen LogP contribution in [0.15, 0.2) is 24.8 Å². The van der Waals surface area contributed by atoms with Gasteiger partial charge in [0.25, 0.3) is 0 Å². The summed E-state index contributed by atoms with van der Waals surface area (Å²) >= 11 is 6.15. The molecule has 2 rings (SSSR count). The molecule has 1 aliphatic carbocycles. The topological polar surface area (TPSA) is 26.0 Å². The number of fused-ring (bicyclic) bond motifs is 1. The lowest BCUT2D eigenvalue weighted by atomic mass is 10.0. The Morgan fingerprint density at radius 3 is 2.64 bits per heavy atom. The number of benzene rings is 1. The largest absolute Gasteiger partial charge is 0.321 e. The number of rotatable bonds is 2. The predicted molar refractivity (Wildman–Crippen MR) is 60.6 cm³/mol. The number of hydrogen-bond acceptors (Lipinski definition) is 1. The lowest BCUT2D eigenvalue weighted by molar-refractivity contribution is 0.902.